The molecule has 0 radical (unpaired) electrons. The number of piperazine rings is 1. The Morgan fingerprint density at radius 2 is 2.04 bits per heavy atom. The maximum absolute atomic E-state index is 12.5. The zero-order valence-corrected chi connectivity index (χ0v) is 14.8. The molecule has 2 aliphatic heterocycles. The molecule has 1 aromatic rings. The highest BCUT2D eigenvalue weighted by atomic mass is 16.2. The fraction of sp³-hybridized carbons (Fsp3) is 0.684. The maximum Gasteiger partial charge on any atom is 0.222 e. The summed E-state index contributed by atoms with van der Waals surface area (Å²) in [6, 6.07) is 4.49. The van der Waals surface area contributed by atoms with E-state index in [0.29, 0.717) is 11.9 Å². The number of carbonyl (C=O) groups is 1. The second-order valence-electron chi connectivity index (χ2n) is 7.11. The highest BCUT2D eigenvalue weighted by Crippen LogP contribution is 2.22. The van der Waals surface area contributed by atoms with E-state index in [1.807, 2.05) is 18.5 Å². The van der Waals surface area contributed by atoms with Crippen LogP contribution in [0.4, 0.5) is 0 Å². The minimum Gasteiger partial charge on any atom is -0.340 e. The average molecular weight is 330 g/mol. The van der Waals surface area contributed by atoms with Crippen molar-refractivity contribution in [1.82, 2.24) is 20.1 Å². The third-order valence-electron chi connectivity index (χ3n) is 5.61. The quantitative estimate of drug-likeness (QED) is 0.898. The van der Waals surface area contributed by atoms with E-state index in [-0.39, 0.29) is 0 Å². The molecule has 0 aliphatic carbocycles. The topological polar surface area (TPSA) is 48.5 Å². The Labute approximate surface area is 145 Å². The van der Waals surface area contributed by atoms with E-state index in [2.05, 4.69) is 33.1 Å². The maximum atomic E-state index is 12.5. The number of aromatic nitrogens is 1. The summed E-state index contributed by atoms with van der Waals surface area (Å²) in [6.45, 7) is 8.08. The Bertz CT molecular complexity index is 507. The van der Waals surface area contributed by atoms with Gasteiger partial charge in [0.05, 0.1) is 0 Å². The number of rotatable bonds is 5. The van der Waals surface area contributed by atoms with Crippen LogP contribution in [0, 0.1) is 5.92 Å². The number of piperidine rings is 1. The largest absolute Gasteiger partial charge is 0.340 e. The Hall–Kier alpha value is -1.46. The molecule has 5 nitrogen and oxygen atoms in total. The molecule has 0 bridgehead atoms. The molecule has 1 aromatic heterocycles. The summed E-state index contributed by atoms with van der Waals surface area (Å²) >= 11 is 0. The van der Waals surface area contributed by atoms with Crippen LogP contribution in [0.1, 0.15) is 44.2 Å². The molecule has 2 saturated heterocycles. The zero-order valence-electron chi connectivity index (χ0n) is 14.8. The summed E-state index contributed by atoms with van der Waals surface area (Å²) in [5.74, 6) is 1.09. The number of amides is 1. The first-order valence-corrected chi connectivity index (χ1v) is 9.36. The molecule has 0 aromatic carbocycles. The summed E-state index contributed by atoms with van der Waals surface area (Å²) in [7, 11) is 0. The van der Waals surface area contributed by atoms with Gasteiger partial charge in [0.1, 0.15) is 0 Å². The molecular weight excluding hydrogens is 300 g/mol. The molecule has 1 atom stereocenters. The third kappa shape index (κ3) is 4.54. The average Bonchev–Trinajstić information content (AvgIpc) is 2.67. The molecule has 2 aliphatic rings. The van der Waals surface area contributed by atoms with Crippen LogP contribution in [0.3, 0.4) is 0 Å². The lowest BCUT2D eigenvalue weighted by Gasteiger charge is -2.38. The summed E-state index contributed by atoms with van der Waals surface area (Å²) in [6.07, 6.45) is 8.00. The van der Waals surface area contributed by atoms with Gasteiger partial charge < -0.3 is 10.2 Å². The molecule has 1 unspecified atom stereocenters. The molecule has 3 heterocycles. The highest BCUT2D eigenvalue weighted by Gasteiger charge is 2.25. The van der Waals surface area contributed by atoms with E-state index < -0.39 is 0 Å². The van der Waals surface area contributed by atoms with E-state index in [9.17, 15) is 4.79 Å². The SMILES string of the molecule is CC(c1cccnc1)N1CCN(C(=O)CCC2CCNCC2)CC1. The second kappa shape index (κ2) is 8.58. The number of carbonyl (C=O) groups excluding carboxylic acids is 1. The number of nitrogens with zero attached hydrogens (tertiary/aromatic N) is 3. The van der Waals surface area contributed by atoms with Crippen LogP contribution in [0.5, 0.6) is 0 Å². The van der Waals surface area contributed by atoms with Crippen molar-refractivity contribution in [3.8, 4) is 0 Å². The minimum atomic E-state index is 0.349. The van der Waals surface area contributed by atoms with Gasteiger partial charge in [-0.1, -0.05) is 6.07 Å². The Kier molecular flexibility index (Phi) is 6.21. The first kappa shape index (κ1) is 17.4. The van der Waals surface area contributed by atoms with Crippen molar-refractivity contribution in [1.29, 1.82) is 0 Å². The van der Waals surface area contributed by atoms with Crippen LogP contribution in [0.25, 0.3) is 0 Å². The fourth-order valence-electron chi connectivity index (χ4n) is 3.85. The Morgan fingerprint density at radius 1 is 1.29 bits per heavy atom. The fourth-order valence-corrected chi connectivity index (χ4v) is 3.85. The number of hydrogen-bond acceptors (Lipinski definition) is 4. The van der Waals surface area contributed by atoms with Crippen LogP contribution in [-0.2, 0) is 4.79 Å². The van der Waals surface area contributed by atoms with Crippen molar-refractivity contribution in [2.24, 2.45) is 5.92 Å². The van der Waals surface area contributed by atoms with Crippen molar-refractivity contribution in [3.05, 3.63) is 30.1 Å². The summed E-state index contributed by atoms with van der Waals surface area (Å²) in [5, 5.41) is 3.39. The van der Waals surface area contributed by atoms with E-state index >= 15 is 0 Å². The smallest absolute Gasteiger partial charge is 0.222 e. The van der Waals surface area contributed by atoms with E-state index in [4.69, 9.17) is 0 Å². The molecule has 0 spiro atoms. The van der Waals surface area contributed by atoms with Gasteiger partial charge in [0.15, 0.2) is 0 Å². The van der Waals surface area contributed by atoms with Crippen LogP contribution < -0.4 is 5.32 Å². The van der Waals surface area contributed by atoms with Gasteiger partial charge in [0, 0.05) is 51.0 Å². The molecular formula is C19H30N4O. The van der Waals surface area contributed by atoms with Gasteiger partial charge in [-0.15, -0.1) is 0 Å². The van der Waals surface area contributed by atoms with Crippen LogP contribution in [-0.4, -0.2) is 60.0 Å². The van der Waals surface area contributed by atoms with Crippen molar-refractivity contribution in [2.75, 3.05) is 39.3 Å². The Morgan fingerprint density at radius 3 is 2.71 bits per heavy atom. The minimum absolute atomic E-state index is 0.349. The molecule has 3 rings (SSSR count). The molecule has 2 fully saturated rings. The standard InChI is InChI=1S/C19H30N4O/c1-16(18-3-2-8-21-15-18)22-11-13-23(14-12-22)19(24)5-4-17-6-9-20-10-7-17/h2-3,8,15-17,20H,4-7,9-14H2,1H3. The van der Waals surface area contributed by atoms with Crippen molar-refractivity contribution >= 4 is 5.91 Å². The van der Waals surface area contributed by atoms with Gasteiger partial charge >= 0.3 is 0 Å². The Balaban J connectivity index is 1.42. The molecule has 0 saturated carbocycles. The van der Waals surface area contributed by atoms with Crippen molar-refractivity contribution < 1.29 is 4.79 Å². The number of hydrogen-bond donors (Lipinski definition) is 1. The van der Waals surface area contributed by atoms with E-state index in [0.717, 1.165) is 58.0 Å². The zero-order chi connectivity index (χ0) is 16.8. The summed E-state index contributed by atoms with van der Waals surface area (Å²) < 4.78 is 0. The molecule has 24 heavy (non-hydrogen) atoms. The van der Waals surface area contributed by atoms with E-state index in [1.165, 1.54) is 18.4 Å². The van der Waals surface area contributed by atoms with Gasteiger partial charge in [-0.2, -0.15) is 0 Å². The van der Waals surface area contributed by atoms with Gasteiger partial charge in [-0.3, -0.25) is 14.7 Å². The molecule has 1 N–H and O–H groups in total. The van der Waals surface area contributed by atoms with Gasteiger partial charge in [0.2, 0.25) is 5.91 Å². The lowest BCUT2D eigenvalue weighted by molar-refractivity contribution is -0.133. The lowest BCUT2D eigenvalue weighted by atomic mass is 9.93. The lowest BCUT2D eigenvalue weighted by Crippen LogP contribution is -2.49. The monoisotopic (exact) mass is 330 g/mol. The van der Waals surface area contributed by atoms with Crippen molar-refractivity contribution in [2.45, 2.75) is 38.6 Å². The first-order chi connectivity index (χ1) is 11.7. The number of pyridine rings is 1. The van der Waals surface area contributed by atoms with Crippen LogP contribution in [0.2, 0.25) is 0 Å². The molecule has 1 amide bonds. The summed E-state index contributed by atoms with van der Waals surface area (Å²) in [5.41, 5.74) is 1.25. The predicted octanol–water partition coefficient (Wildman–Crippen LogP) is 2.07. The third-order valence-corrected chi connectivity index (χ3v) is 5.61. The molecule has 132 valence electrons. The van der Waals surface area contributed by atoms with Crippen LogP contribution in [0.15, 0.2) is 24.5 Å². The van der Waals surface area contributed by atoms with Crippen LogP contribution >= 0.6 is 0 Å². The highest BCUT2D eigenvalue weighted by molar-refractivity contribution is 5.76. The van der Waals surface area contributed by atoms with Crippen molar-refractivity contribution in [3.63, 3.8) is 0 Å². The first-order valence-electron chi connectivity index (χ1n) is 9.36. The predicted molar refractivity (Wildman–Crippen MR) is 95.6 cm³/mol. The molecule has 5 heteroatoms. The second-order valence-corrected chi connectivity index (χ2v) is 7.11. The normalized spacial score (nSPS) is 21.6. The summed E-state index contributed by atoms with van der Waals surface area (Å²) in [4.78, 5) is 21.2. The number of nitrogens with one attached hydrogen (secondary N) is 1. The van der Waals surface area contributed by atoms with Gasteiger partial charge in [0.25, 0.3) is 0 Å². The van der Waals surface area contributed by atoms with E-state index in [1.54, 1.807) is 0 Å². The van der Waals surface area contributed by atoms with Gasteiger partial charge in [-0.05, 0) is 56.8 Å². The van der Waals surface area contributed by atoms with Gasteiger partial charge in [-0.25, -0.2) is 0 Å².